The molecular weight excluding hydrogens is 495 g/mol. The number of aliphatic carboxylic acids is 1. The summed E-state index contributed by atoms with van der Waals surface area (Å²) in [6, 6.07) is 12.8. The van der Waals surface area contributed by atoms with Crippen LogP contribution in [-0.4, -0.2) is 38.2 Å². The summed E-state index contributed by atoms with van der Waals surface area (Å²) in [6.45, 7) is 0. The molecule has 0 bridgehead atoms. The maximum atomic E-state index is 14.2. The van der Waals surface area contributed by atoms with Crippen LogP contribution in [0.2, 0.25) is 0 Å². The molecule has 0 amide bonds. The average molecular weight is 516 g/mol. The van der Waals surface area contributed by atoms with Crippen molar-refractivity contribution in [2.24, 2.45) is 5.73 Å². The molecule has 2 heterocycles. The van der Waals surface area contributed by atoms with Crippen LogP contribution >= 0.6 is 11.3 Å². The van der Waals surface area contributed by atoms with Gasteiger partial charge in [0.25, 0.3) is 0 Å². The second-order valence-corrected chi connectivity index (χ2v) is 8.65. The van der Waals surface area contributed by atoms with E-state index in [0.717, 1.165) is 0 Å². The quantitative estimate of drug-likeness (QED) is 0.312. The number of hydrogen-bond donors (Lipinski definition) is 3. The van der Waals surface area contributed by atoms with Gasteiger partial charge in [0.1, 0.15) is 11.0 Å². The highest BCUT2D eigenvalue weighted by atomic mass is 32.1. The van der Waals surface area contributed by atoms with Gasteiger partial charge >= 0.3 is 12.1 Å². The Bertz CT molecular complexity index is 1350. The molecule has 2 atom stereocenters. The Morgan fingerprint density at radius 2 is 1.83 bits per heavy atom. The maximum Gasteiger partial charge on any atom is 0.429 e. The first kappa shape index (κ1) is 25.1. The van der Waals surface area contributed by atoms with E-state index in [1.807, 2.05) is 0 Å². The molecule has 4 aromatic rings. The summed E-state index contributed by atoms with van der Waals surface area (Å²) < 4.78 is 47.9. The van der Waals surface area contributed by atoms with Crippen LogP contribution in [0.1, 0.15) is 17.2 Å². The Morgan fingerprint density at radius 1 is 1.11 bits per heavy atom. The number of benzene rings is 2. The van der Waals surface area contributed by atoms with Gasteiger partial charge in [0, 0.05) is 34.3 Å². The number of hydrogen-bond acceptors (Lipinski definition) is 8. The SMILES string of the molecule is Nc1nc(O[C@@H](c2ccccc2-c2nccs2)C(F)(F)F)cc(-c2ccc(CC(N)C(=O)O)cc2)n1. The monoisotopic (exact) mass is 515 g/mol. The second-order valence-electron chi connectivity index (χ2n) is 7.76. The Morgan fingerprint density at radius 3 is 2.47 bits per heavy atom. The van der Waals surface area contributed by atoms with Crippen LogP contribution in [0, 0.1) is 0 Å². The molecule has 2 aromatic carbocycles. The van der Waals surface area contributed by atoms with Crippen molar-refractivity contribution in [3.05, 3.63) is 77.3 Å². The van der Waals surface area contributed by atoms with Crippen molar-refractivity contribution in [2.75, 3.05) is 5.73 Å². The van der Waals surface area contributed by atoms with E-state index in [1.165, 1.54) is 35.7 Å². The fourth-order valence-corrected chi connectivity index (χ4v) is 4.19. The largest absolute Gasteiger partial charge is 0.480 e. The minimum atomic E-state index is -4.77. The lowest BCUT2D eigenvalue weighted by Gasteiger charge is -2.23. The Hall–Kier alpha value is -4.03. The number of rotatable bonds is 8. The molecule has 36 heavy (non-hydrogen) atoms. The minimum absolute atomic E-state index is 0.113. The van der Waals surface area contributed by atoms with Gasteiger partial charge < -0.3 is 21.3 Å². The molecule has 5 N–H and O–H groups in total. The van der Waals surface area contributed by atoms with Gasteiger partial charge in [-0.2, -0.15) is 18.2 Å². The van der Waals surface area contributed by atoms with Crippen molar-refractivity contribution in [2.45, 2.75) is 24.7 Å². The van der Waals surface area contributed by atoms with E-state index in [0.29, 0.717) is 21.7 Å². The number of thiazole rings is 1. The molecule has 12 heteroatoms. The lowest BCUT2D eigenvalue weighted by molar-refractivity contribution is -0.198. The van der Waals surface area contributed by atoms with Crippen molar-refractivity contribution in [3.63, 3.8) is 0 Å². The van der Waals surface area contributed by atoms with E-state index >= 15 is 0 Å². The molecule has 4 rings (SSSR count). The lowest BCUT2D eigenvalue weighted by Crippen LogP contribution is -2.32. The number of nitrogens with zero attached hydrogens (tertiary/aromatic N) is 3. The number of carboxylic acids is 1. The fourth-order valence-electron chi connectivity index (χ4n) is 3.51. The van der Waals surface area contributed by atoms with Crippen LogP contribution in [0.3, 0.4) is 0 Å². The molecule has 8 nitrogen and oxygen atoms in total. The molecule has 0 aliphatic carbocycles. The molecule has 0 fully saturated rings. The van der Waals surface area contributed by atoms with E-state index in [1.54, 1.807) is 41.8 Å². The number of aromatic nitrogens is 3. The van der Waals surface area contributed by atoms with Gasteiger partial charge in [0.05, 0.1) is 5.69 Å². The normalized spacial score (nSPS) is 13.2. The van der Waals surface area contributed by atoms with E-state index in [-0.39, 0.29) is 29.5 Å². The number of ether oxygens (including phenoxy) is 1. The first-order chi connectivity index (χ1) is 17.1. The summed E-state index contributed by atoms with van der Waals surface area (Å²) in [6.07, 6.45) is -5.47. The Balaban J connectivity index is 1.65. The topological polar surface area (TPSA) is 137 Å². The van der Waals surface area contributed by atoms with Gasteiger partial charge in [-0.15, -0.1) is 11.3 Å². The van der Waals surface area contributed by atoms with Gasteiger partial charge in [0.2, 0.25) is 17.9 Å². The molecule has 0 radical (unpaired) electrons. The number of carbonyl (C=O) groups is 1. The van der Waals surface area contributed by atoms with Crippen LogP contribution in [0.15, 0.2) is 66.2 Å². The van der Waals surface area contributed by atoms with E-state index in [2.05, 4.69) is 15.0 Å². The van der Waals surface area contributed by atoms with E-state index < -0.39 is 24.3 Å². The zero-order valence-electron chi connectivity index (χ0n) is 18.5. The maximum absolute atomic E-state index is 14.2. The van der Waals surface area contributed by atoms with Gasteiger partial charge in [-0.1, -0.05) is 48.5 Å². The number of anilines is 1. The summed E-state index contributed by atoms with van der Waals surface area (Å²) in [7, 11) is 0. The summed E-state index contributed by atoms with van der Waals surface area (Å²) in [5.41, 5.74) is 13.0. The van der Waals surface area contributed by atoms with Crippen LogP contribution in [0.25, 0.3) is 21.8 Å². The smallest absolute Gasteiger partial charge is 0.429 e. The predicted molar refractivity (Wildman–Crippen MR) is 128 cm³/mol. The van der Waals surface area contributed by atoms with Crippen LogP contribution in [-0.2, 0) is 11.2 Å². The highest BCUT2D eigenvalue weighted by Crippen LogP contribution is 2.41. The fraction of sp³-hybridized carbons (Fsp3) is 0.167. The summed E-state index contributed by atoms with van der Waals surface area (Å²) in [5.74, 6) is -1.75. The van der Waals surface area contributed by atoms with Crippen molar-refractivity contribution in [1.29, 1.82) is 0 Å². The number of halogens is 3. The summed E-state index contributed by atoms with van der Waals surface area (Å²) in [4.78, 5) is 23.1. The average Bonchev–Trinajstić information content (AvgIpc) is 3.37. The molecule has 2 aromatic heterocycles. The Labute approximate surface area is 207 Å². The zero-order chi connectivity index (χ0) is 25.9. The molecule has 186 valence electrons. The molecule has 0 aliphatic heterocycles. The molecular formula is C24H20F3N5O3S. The predicted octanol–water partition coefficient (Wildman–Crippen LogP) is 4.49. The third-order valence-corrected chi connectivity index (χ3v) is 5.99. The van der Waals surface area contributed by atoms with Crippen molar-refractivity contribution < 1.29 is 27.8 Å². The third-order valence-electron chi connectivity index (χ3n) is 5.18. The number of nitrogens with two attached hydrogens (primary N) is 2. The van der Waals surface area contributed by atoms with Gasteiger partial charge in [-0.05, 0) is 12.0 Å². The second kappa shape index (κ2) is 10.3. The number of alkyl halides is 3. The highest BCUT2D eigenvalue weighted by molar-refractivity contribution is 7.13. The van der Waals surface area contributed by atoms with Crippen molar-refractivity contribution in [3.8, 4) is 27.7 Å². The van der Waals surface area contributed by atoms with Crippen LogP contribution in [0.4, 0.5) is 19.1 Å². The van der Waals surface area contributed by atoms with Crippen LogP contribution < -0.4 is 16.2 Å². The summed E-state index contributed by atoms with van der Waals surface area (Å²) in [5, 5.41) is 11.1. The van der Waals surface area contributed by atoms with Crippen LogP contribution in [0.5, 0.6) is 5.88 Å². The van der Waals surface area contributed by atoms with Gasteiger partial charge in [0.15, 0.2) is 0 Å². The molecule has 0 spiro atoms. The number of nitrogen functional groups attached to an aromatic ring is 1. The lowest BCUT2D eigenvalue weighted by atomic mass is 10.0. The minimum Gasteiger partial charge on any atom is -0.480 e. The van der Waals surface area contributed by atoms with E-state index in [9.17, 15) is 18.0 Å². The number of carboxylic acid groups (broad SMARTS) is 1. The third kappa shape index (κ3) is 5.78. The van der Waals surface area contributed by atoms with Gasteiger partial charge in [-0.25, -0.2) is 9.97 Å². The first-order valence-electron chi connectivity index (χ1n) is 10.6. The Kier molecular flexibility index (Phi) is 7.17. The van der Waals surface area contributed by atoms with E-state index in [4.69, 9.17) is 21.3 Å². The van der Waals surface area contributed by atoms with Gasteiger partial charge in [-0.3, -0.25) is 4.79 Å². The zero-order valence-corrected chi connectivity index (χ0v) is 19.3. The standard InChI is InChI=1S/C24H20F3N5O3S/c25-24(26,27)20(15-3-1-2-4-16(15)21-30-9-10-36-21)35-19-12-18(31-23(29)32-19)14-7-5-13(6-8-14)11-17(28)22(33)34/h1-10,12,17,20H,11,28H2,(H,33,34)(H2,29,31,32)/t17?,20-/m0/s1. The molecule has 1 unspecified atom stereocenters. The van der Waals surface area contributed by atoms with Crippen molar-refractivity contribution >= 4 is 23.3 Å². The first-order valence-corrected chi connectivity index (χ1v) is 11.4. The highest BCUT2D eigenvalue weighted by Gasteiger charge is 2.44. The summed E-state index contributed by atoms with van der Waals surface area (Å²) >= 11 is 1.21. The molecule has 0 aliphatic rings. The molecule has 0 saturated carbocycles. The van der Waals surface area contributed by atoms with Crippen molar-refractivity contribution in [1.82, 2.24) is 15.0 Å². The molecule has 0 saturated heterocycles.